The molecule has 0 saturated heterocycles. The molecule has 0 aromatic heterocycles. The van der Waals surface area contributed by atoms with E-state index < -0.39 is 0 Å². The van der Waals surface area contributed by atoms with Crippen LogP contribution < -0.4 is 24.8 Å². The van der Waals surface area contributed by atoms with Crippen molar-refractivity contribution in [3.8, 4) is 0 Å². The number of hydrogen-bond donors (Lipinski definition) is 0. The molecule has 0 unspecified atom stereocenters. The average molecular weight is 409 g/mol. The van der Waals surface area contributed by atoms with Gasteiger partial charge in [-0.3, -0.25) is 0 Å². The first kappa shape index (κ1) is 21.3. The molecule has 0 amide bonds. The molecule has 0 fully saturated rings. The van der Waals surface area contributed by atoms with E-state index in [1.807, 2.05) is 0 Å². The molecule has 3 aliphatic carbocycles. The number of rotatable bonds is 0. The number of hydrogen-bond acceptors (Lipinski definition) is 0. The maximum Gasteiger partial charge on any atom is 4.00 e. The summed E-state index contributed by atoms with van der Waals surface area (Å²) in [5.41, 5.74) is 13.9. The predicted octanol–water partition coefficient (Wildman–Crippen LogP) is -1.23. The zero-order valence-electron chi connectivity index (χ0n) is 14.9. The smallest absolute Gasteiger partial charge is 1.00 e. The zero-order chi connectivity index (χ0) is 14.5. The van der Waals surface area contributed by atoms with Crippen LogP contribution in [-0.4, -0.2) is 0 Å². The van der Waals surface area contributed by atoms with Gasteiger partial charge < -0.3 is 24.8 Å². The minimum atomic E-state index is 0. The molecular weight excluding hydrogens is 383 g/mol. The summed E-state index contributed by atoms with van der Waals surface area (Å²) in [5.74, 6) is 0. The summed E-state index contributed by atoms with van der Waals surface area (Å²) in [4.78, 5) is 0. The van der Waals surface area contributed by atoms with E-state index in [4.69, 9.17) is 0 Å². The Bertz CT molecular complexity index is 661. The molecular formula is C22H26Cl2Ti. The van der Waals surface area contributed by atoms with E-state index in [2.05, 4.69) is 12.1 Å². The first-order chi connectivity index (χ1) is 10.9. The fraction of sp³-hybridized carbons (Fsp3) is 0.545. The topological polar surface area (TPSA) is 0 Å². The summed E-state index contributed by atoms with van der Waals surface area (Å²) >= 11 is 0. The van der Waals surface area contributed by atoms with Gasteiger partial charge in [-0.2, -0.15) is 44.5 Å². The van der Waals surface area contributed by atoms with Gasteiger partial charge in [0.25, 0.3) is 0 Å². The van der Waals surface area contributed by atoms with Gasteiger partial charge in [-0.1, -0.05) is 77.0 Å². The van der Waals surface area contributed by atoms with Gasteiger partial charge in [0.15, 0.2) is 0 Å². The quantitative estimate of drug-likeness (QED) is 0.378. The first-order valence-electron chi connectivity index (χ1n) is 9.48. The maximum absolute atomic E-state index is 2.59. The van der Waals surface area contributed by atoms with Gasteiger partial charge in [0.1, 0.15) is 0 Å². The Hall–Kier alpha value is -0.00571. The Kier molecular flexibility index (Phi) is 7.49. The van der Waals surface area contributed by atoms with Gasteiger partial charge >= 0.3 is 21.7 Å². The Labute approximate surface area is 179 Å². The maximum atomic E-state index is 2.59. The molecule has 0 saturated carbocycles. The van der Waals surface area contributed by atoms with Crippen LogP contribution >= 0.6 is 0 Å². The summed E-state index contributed by atoms with van der Waals surface area (Å²) in [5, 5.41) is 0. The first-order valence-corrected chi connectivity index (χ1v) is 9.48. The molecule has 0 heterocycles. The van der Waals surface area contributed by atoms with E-state index in [0.29, 0.717) is 0 Å². The Morgan fingerprint density at radius 3 is 1.40 bits per heavy atom. The van der Waals surface area contributed by atoms with Crippen LogP contribution in [0.2, 0.25) is 0 Å². The molecule has 5 rings (SSSR count). The second-order valence-electron chi connectivity index (χ2n) is 7.72. The van der Waals surface area contributed by atoms with Gasteiger partial charge in [0, 0.05) is 0 Å². The minimum Gasteiger partial charge on any atom is -1.00 e. The van der Waals surface area contributed by atoms with Crippen molar-refractivity contribution in [3.63, 3.8) is 0 Å². The van der Waals surface area contributed by atoms with Crippen LogP contribution in [0, 0.1) is 0 Å². The van der Waals surface area contributed by atoms with Crippen molar-refractivity contribution in [2.75, 3.05) is 0 Å². The van der Waals surface area contributed by atoms with Crippen molar-refractivity contribution in [2.24, 2.45) is 0 Å². The van der Waals surface area contributed by atoms with Crippen LogP contribution in [-0.2, 0) is 73.1 Å². The molecule has 25 heavy (non-hydrogen) atoms. The second-order valence-corrected chi connectivity index (χ2v) is 7.72. The van der Waals surface area contributed by atoms with Gasteiger partial charge in [-0.25, -0.2) is 12.1 Å². The van der Waals surface area contributed by atoms with Crippen molar-refractivity contribution in [3.05, 3.63) is 56.6 Å². The molecule has 0 atom stereocenters. The van der Waals surface area contributed by atoms with Crippen LogP contribution in [0.1, 0.15) is 70.2 Å². The SMILES string of the molecule is [Cl-].[Cl-].[Ti+4].c1c2c([c-]3c1CC[c-]1c(cc4c1CCCC4)CC3)CCCC2. The summed E-state index contributed by atoms with van der Waals surface area (Å²) in [7, 11) is 0. The predicted molar refractivity (Wildman–Crippen MR) is 92.2 cm³/mol. The molecule has 0 N–H and O–H groups in total. The van der Waals surface area contributed by atoms with Crippen molar-refractivity contribution >= 4 is 0 Å². The average Bonchev–Trinajstić information content (AvgIpc) is 3.06. The molecule has 2 aromatic carbocycles. The summed E-state index contributed by atoms with van der Waals surface area (Å²) in [6.45, 7) is 0. The Morgan fingerprint density at radius 1 is 0.560 bits per heavy atom. The van der Waals surface area contributed by atoms with E-state index in [1.165, 1.54) is 77.0 Å². The normalized spacial score (nSPS) is 17.9. The number of halogens is 2. The van der Waals surface area contributed by atoms with Crippen LogP contribution in [0.4, 0.5) is 0 Å². The van der Waals surface area contributed by atoms with Gasteiger partial charge in [0.2, 0.25) is 0 Å². The molecule has 0 spiro atoms. The Balaban J connectivity index is 0.000000751. The molecule has 3 aliphatic rings. The molecule has 0 bridgehead atoms. The van der Waals surface area contributed by atoms with E-state index >= 15 is 0 Å². The van der Waals surface area contributed by atoms with Crippen LogP contribution in [0.15, 0.2) is 12.1 Å². The largest absolute Gasteiger partial charge is 4.00 e. The molecule has 0 nitrogen and oxygen atoms in total. The molecule has 0 radical (unpaired) electrons. The third-order valence-corrected chi connectivity index (χ3v) is 6.51. The monoisotopic (exact) mass is 408 g/mol. The van der Waals surface area contributed by atoms with Crippen molar-refractivity contribution < 1.29 is 46.5 Å². The molecule has 0 aliphatic heterocycles. The zero-order valence-corrected chi connectivity index (χ0v) is 18.0. The fourth-order valence-corrected chi connectivity index (χ4v) is 5.44. The molecule has 132 valence electrons. The van der Waals surface area contributed by atoms with Crippen molar-refractivity contribution in [1.29, 1.82) is 0 Å². The second kappa shape index (κ2) is 8.79. The van der Waals surface area contributed by atoms with E-state index in [1.54, 1.807) is 44.5 Å². The third-order valence-electron chi connectivity index (χ3n) is 6.51. The van der Waals surface area contributed by atoms with Crippen molar-refractivity contribution in [1.82, 2.24) is 0 Å². The van der Waals surface area contributed by atoms with Gasteiger partial charge in [-0.15, -0.1) is 0 Å². The Morgan fingerprint density at radius 2 is 0.960 bits per heavy atom. The van der Waals surface area contributed by atoms with Crippen LogP contribution in [0.3, 0.4) is 0 Å². The van der Waals surface area contributed by atoms with Crippen LogP contribution in [0.25, 0.3) is 0 Å². The van der Waals surface area contributed by atoms with Gasteiger partial charge in [0.05, 0.1) is 0 Å². The van der Waals surface area contributed by atoms with Gasteiger partial charge in [-0.05, 0) is 0 Å². The number of fused-ring (bicyclic) bond motifs is 6. The van der Waals surface area contributed by atoms with Crippen molar-refractivity contribution in [2.45, 2.75) is 77.0 Å². The molecule has 2 aromatic rings. The summed E-state index contributed by atoms with van der Waals surface area (Å²) in [6.07, 6.45) is 16.3. The molecule has 3 heteroatoms. The standard InChI is InChI=1S/C22H26.2ClH.Ti/c1-3-7-19-15(5-1)13-17-9-12-22-18(10-11-21(17)19)14-16-6-2-4-8-20(16)22;;;/h13-14H,1-12H2;2*1H;/q-2;;;+4/p-2. The summed E-state index contributed by atoms with van der Waals surface area (Å²) < 4.78 is 0. The fourth-order valence-electron chi connectivity index (χ4n) is 5.44. The third kappa shape index (κ3) is 3.70. The number of aryl methyl sites for hydroxylation is 4. The van der Waals surface area contributed by atoms with E-state index in [9.17, 15) is 0 Å². The summed E-state index contributed by atoms with van der Waals surface area (Å²) in [6, 6.07) is 5.18. The van der Waals surface area contributed by atoms with E-state index in [0.717, 1.165) is 0 Å². The van der Waals surface area contributed by atoms with Crippen LogP contribution in [0.5, 0.6) is 0 Å². The minimum absolute atomic E-state index is 0. The van der Waals surface area contributed by atoms with E-state index in [-0.39, 0.29) is 46.5 Å².